The summed E-state index contributed by atoms with van der Waals surface area (Å²) in [6, 6.07) is 4.11. The zero-order valence-corrected chi connectivity index (χ0v) is 11.6. The molecule has 0 aliphatic heterocycles. The molecule has 1 unspecified atom stereocenters. The molecule has 4 heteroatoms. The molecular weight excluding hydrogens is 238 g/mol. The largest absolute Gasteiger partial charge is 0.493 e. The molecule has 3 nitrogen and oxygen atoms in total. The highest BCUT2D eigenvalue weighted by molar-refractivity contribution is 6.32. The lowest BCUT2D eigenvalue weighted by Gasteiger charge is -2.17. The Morgan fingerprint density at radius 3 is 2.53 bits per heavy atom. The number of halogens is 1. The van der Waals surface area contributed by atoms with Crippen LogP contribution in [0.15, 0.2) is 12.1 Å². The molecule has 1 N–H and O–H groups in total. The third-order valence-electron chi connectivity index (χ3n) is 2.66. The van der Waals surface area contributed by atoms with Crippen LogP contribution in [-0.4, -0.2) is 20.8 Å². The van der Waals surface area contributed by atoms with Crippen LogP contribution >= 0.6 is 11.6 Å². The van der Waals surface area contributed by atoms with Gasteiger partial charge in [0.05, 0.1) is 19.2 Å². The Balaban J connectivity index is 2.98. The summed E-state index contributed by atoms with van der Waals surface area (Å²) in [4.78, 5) is 0. The van der Waals surface area contributed by atoms with E-state index in [9.17, 15) is 0 Å². The highest BCUT2D eigenvalue weighted by Crippen LogP contribution is 2.37. The summed E-state index contributed by atoms with van der Waals surface area (Å²) in [5.41, 5.74) is 1.10. The van der Waals surface area contributed by atoms with Crippen LogP contribution in [0.3, 0.4) is 0 Å². The number of nitrogens with one attached hydrogen (secondary N) is 1. The highest BCUT2D eigenvalue weighted by atomic mass is 35.5. The number of hydrogen-bond acceptors (Lipinski definition) is 3. The quantitative estimate of drug-likeness (QED) is 0.847. The summed E-state index contributed by atoms with van der Waals surface area (Å²) in [6.07, 6.45) is 1.10. The molecule has 0 radical (unpaired) electrons. The van der Waals surface area contributed by atoms with E-state index < -0.39 is 0 Å². The minimum Gasteiger partial charge on any atom is -0.493 e. The van der Waals surface area contributed by atoms with Gasteiger partial charge in [0.25, 0.3) is 0 Å². The first-order chi connectivity index (χ1) is 8.13. The lowest BCUT2D eigenvalue weighted by atomic mass is 10.1. The van der Waals surface area contributed by atoms with E-state index in [0.29, 0.717) is 16.5 Å². The van der Waals surface area contributed by atoms with Gasteiger partial charge in [0.1, 0.15) is 0 Å². The molecule has 1 atom stereocenters. The van der Waals surface area contributed by atoms with Crippen molar-refractivity contribution in [2.45, 2.75) is 26.3 Å². The summed E-state index contributed by atoms with van der Waals surface area (Å²) in [6.45, 7) is 5.22. The maximum Gasteiger partial charge on any atom is 0.179 e. The van der Waals surface area contributed by atoms with Crippen molar-refractivity contribution in [3.05, 3.63) is 22.7 Å². The first-order valence-electron chi connectivity index (χ1n) is 5.78. The molecule has 0 aliphatic carbocycles. The molecule has 0 heterocycles. The summed E-state index contributed by atoms with van der Waals surface area (Å²) < 4.78 is 10.5. The van der Waals surface area contributed by atoms with E-state index in [0.717, 1.165) is 18.5 Å². The van der Waals surface area contributed by atoms with Gasteiger partial charge in [0.2, 0.25) is 0 Å². The maximum atomic E-state index is 6.16. The minimum atomic E-state index is 0.243. The van der Waals surface area contributed by atoms with Gasteiger partial charge in [-0.25, -0.2) is 0 Å². The zero-order valence-electron chi connectivity index (χ0n) is 10.8. The summed E-state index contributed by atoms with van der Waals surface area (Å²) >= 11 is 6.16. The van der Waals surface area contributed by atoms with E-state index in [2.05, 4.69) is 19.2 Å². The normalized spacial score (nSPS) is 12.3. The van der Waals surface area contributed by atoms with Crippen molar-refractivity contribution in [1.82, 2.24) is 5.32 Å². The topological polar surface area (TPSA) is 30.5 Å². The monoisotopic (exact) mass is 257 g/mol. The van der Waals surface area contributed by atoms with E-state index in [1.807, 2.05) is 12.1 Å². The second kappa shape index (κ2) is 6.72. The number of ether oxygens (including phenoxy) is 2. The number of methoxy groups -OCH3 is 2. The van der Waals surface area contributed by atoms with E-state index in [-0.39, 0.29) is 6.04 Å². The molecule has 0 aromatic heterocycles. The molecule has 1 rings (SSSR count). The van der Waals surface area contributed by atoms with Crippen LogP contribution in [0.2, 0.25) is 5.02 Å². The van der Waals surface area contributed by atoms with Crippen LogP contribution in [0.5, 0.6) is 11.5 Å². The van der Waals surface area contributed by atoms with Crippen LogP contribution < -0.4 is 14.8 Å². The van der Waals surface area contributed by atoms with Crippen LogP contribution in [0.4, 0.5) is 0 Å². The molecule has 0 fully saturated rings. The Bertz CT molecular complexity index is 369. The van der Waals surface area contributed by atoms with Crippen molar-refractivity contribution in [1.29, 1.82) is 0 Å². The molecular formula is C13H20ClNO2. The van der Waals surface area contributed by atoms with E-state index in [4.69, 9.17) is 21.1 Å². The highest BCUT2D eigenvalue weighted by Gasteiger charge is 2.13. The van der Waals surface area contributed by atoms with Crippen molar-refractivity contribution in [3.63, 3.8) is 0 Å². The Morgan fingerprint density at radius 2 is 2.00 bits per heavy atom. The van der Waals surface area contributed by atoms with Gasteiger partial charge in [-0.3, -0.25) is 0 Å². The Morgan fingerprint density at radius 1 is 1.29 bits per heavy atom. The van der Waals surface area contributed by atoms with Gasteiger partial charge >= 0.3 is 0 Å². The summed E-state index contributed by atoms with van der Waals surface area (Å²) in [5, 5.41) is 3.99. The third kappa shape index (κ3) is 3.51. The van der Waals surface area contributed by atoms with Gasteiger partial charge in [-0.1, -0.05) is 18.5 Å². The lowest BCUT2D eigenvalue weighted by Crippen LogP contribution is -2.19. The van der Waals surface area contributed by atoms with Crippen LogP contribution in [0, 0.1) is 0 Å². The smallest absolute Gasteiger partial charge is 0.179 e. The van der Waals surface area contributed by atoms with Gasteiger partial charge in [-0.2, -0.15) is 0 Å². The molecule has 0 bridgehead atoms. The third-order valence-corrected chi connectivity index (χ3v) is 2.94. The molecule has 0 spiro atoms. The second-order valence-corrected chi connectivity index (χ2v) is 4.32. The Kier molecular flexibility index (Phi) is 5.59. The predicted octanol–water partition coefficient (Wildman–Crippen LogP) is 3.42. The number of hydrogen-bond donors (Lipinski definition) is 1. The standard InChI is InChI=1S/C13H20ClNO2/c1-5-6-15-9(2)10-7-11(14)13(17-4)12(8-10)16-3/h7-9,15H,5-6H2,1-4H3. The van der Waals surface area contributed by atoms with E-state index in [1.165, 1.54) is 0 Å². The minimum absolute atomic E-state index is 0.243. The first-order valence-corrected chi connectivity index (χ1v) is 6.16. The van der Waals surface area contributed by atoms with Gasteiger partial charge in [0.15, 0.2) is 11.5 Å². The van der Waals surface area contributed by atoms with Gasteiger partial charge in [-0.05, 0) is 37.6 Å². The number of benzene rings is 1. The van der Waals surface area contributed by atoms with Gasteiger partial charge in [0, 0.05) is 6.04 Å². The zero-order chi connectivity index (χ0) is 12.8. The van der Waals surface area contributed by atoms with Crippen molar-refractivity contribution >= 4 is 11.6 Å². The van der Waals surface area contributed by atoms with Crippen LogP contribution in [0.1, 0.15) is 31.9 Å². The molecule has 17 heavy (non-hydrogen) atoms. The molecule has 1 aromatic rings. The fourth-order valence-electron chi connectivity index (χ4n) is 1.67. The number of rotatable bonds is 6. The fraction of sp³-hybridized carbons (Fsp3) is 0.538. The van der Waals surface area contributed by atoms with Crippen molar-refractivity contribution < 1.29 is 9.47 Å². The molecule has 0 amide bonds. The van der Waals surface area contributed by atoms with E-state index in [1.54, 1.807) is 14.2 Å². The Hall–Kier alpha value is -0.930. The fourth-order valence-corrected chi connectivity index (χ4v) is 1.96. The van der Waals surface area contributed by atoms with E-state index >= 15 is 0 Å². The summed E-state index contributed by atoms with van der Waals surface area (Å²) in [5.74, 6) is 1.25. The average molecular weight is 258 g/mol. The molecule has 96 valence electrons. The molecule has 1 aromatic carbocycles. The van der Waals surface area contributed by atoms with Crippen LogP contribution in [-0.2, 0) is 0 Å². The van der Waals surface area contributed by atoms with Crippen LogP contribution in [0.25, 0.3) is 0 Å². The van der Waals surface area contributed by atoms with Crippen molar-refractivity contribution in [2.24, 2.45) is 0 Å². The lowest BCUT2D eigenvalue weighted by molar-refractivity contribution is 0.354. The first kappa shape index (κ1) is 14.1. The molecule has 0 saturated heterocycles. The van der Waals surface area contributed by atoms with Gasteiger partial charge < -0.3 is 14.8 Å². The van der Waals surface area contributed by atoms with Crippen molar-refractivity contribution in [3.8, 4) is 11.5 Å². The van der Waals surface area contributed by atoms with Crippen molar-refractivity contribution in [2.75, 3.05) is 20.8 Å². The Labute approximate surface area is 108 Å². The summed E-state index contributed by atoms with van der Waals surface area (Å²) in [7, 11) is 3.20. The predicted molar refractivity (Wildman–Crippen MR) is 71.3 cm³/mol. The van der Waals surface area contributed by atoms with Gasteiger partial charge in [-0.15, -0.1) is 0 Å². The SMILES string of the molecule is CCCNC(C)c1cc(Cl)c(OC)c(OC)c1. The second-order valence-electron chi connectivity index (χ2n) is 3.91. The molecule has 0 saturated carbocycles. The molecule has 0 aliphatic rings. The average Bonchev–Trinajstić information content (AvgIpc) is 2.34. The maximum absolute atomic E-state index is 6.16.